The molecular formula is C16H18ClN. The molecule has 0 saturated carbocycles. The van der Waals surface area contributed by atoms with Crippen LogP contribution in [0.2, 0.25) is 5.02 Å². The van der Waals surface area contributed by atoms with Crippen LogP contribution in [0.4, 0.5) is 5.69 Å². The third-order valence-electron chi connectivity index (χ3n) is 3.12. The zero-order chi connectivity index (χ0) is 13.1. The molecule has 0 saturated heterocycles. The van der Waals surface area contributed by atoms with Crippen molar-refractivity contribution >= 4 is 17.3 Å². The SMILES string of the molecule is CC(C)c1ccc(Cc2ccc(Cl)c(N)c2)cc1. The second-order valence-electron chi connectivity index (χ2n) is 4.93. The molecule has 0 fully saturated rings. The maximum Gasteiger partial charge on any atom is 0.0635 e. The molecule has 0 aliphatic carbocycles. The third-order valence-corrected chi connectivity index (χ3v) is 3.46. The standard InChI is InChI=1S/C16H18ClN/c1-11(2)14-6-3-12(4-7-14)9-13-5-8-15(17)16(18)10-13/h3-8,10-11H,9,18H2,1-2H3. The molecule has 0 spiro atoms. The van der Waals surface area contributed by atoms with E-state index in [2.05, 4.69) is 38.1 Å². The molecule has 2 N–H and O–H groups in total. The molecule has 0 bridgehead atoms. The summed E-state index contributed by atoms with van der Waals surface area (Å²) in [5, 5.41) is 0.619. The molecule has 1 nitrogen and oxygen atoms in total. The minimum atomic E-state index is 0.574. The van der Waals surface area contributed by atoms with Gasteiger partial charge >= 0.3 is 0 Å². The first-order valence-corrected chi connectivity index (χ1v) is 6.57. The van der Waals surface area contributed by atoms with E-state index in [1.165, 1.54) is 16.7 Å². The quantitative estimate of drug-likeness (QED) is 0.799. The summed E-state index contributed by atoms with van der Waals surface area (Å²) in [5.41, 5.74) is 10.3. The first-order chi connectivity index (χ1) is 8.56. The van der Waals surface area contributed by atoms with E-state index in [1.807, 2.05) is 18.2 Å². The highest BCUT2D eigenvalue weighted by atomic mass is 35.5. The Bertz CT molecular complexity index is 529. The lowest BCUT2D eigenvalue weighted by molar-refractivity contribution is 0.865. The summed E-state index contributed by atoms with van der Waals surface area (Å²) in [7, 11) is 0. The van der Waals surface area contributed by atoms with E-state index < -0.39 is 0 Å². The van der Waals surface area contributed by atoms with Gasteiger partial charge in [-0.25, -0.2) is 0 Å². The lowest BCUT2D eigenvalue weighted by Gasteiger charge is -2.08. The van der Waals surface area contributed by atoms with Crippen LogP contribution in [-0.2, 0) is 6.42 Å². The Morgan fingerprint density at radius 3 is 2.17 bits per heavy atom. The number of nitrogen functional groups attached to an aromatic ring is 1. The summed E-state index contributed by atoms with van der Waals surface area (Å²) >= 11 is 5.91. The summed E-state index contributed by atoms with van der Waals surface area (Å²) in [6.45, 7) is 4.41. The molecular weight excluding hydrogens is 242 g/mol. The fourth-order valence-electron chi connectivity index (χ4n) is 1.96. The predicted molar refractivity (Wildman–Crippen MR) is 79.2 cm³/mol. The number of hydrogen-bond donors (Lipinski definition) is 1. The van der Waals surface area contributed by atoms with Gasteiger partial charge in [-0.2, -0.15) is 0 Å². The van der Waals surface area contributed by atoms with E-state index >= 15 is 0 Å². The molecule has 2 aromatic rings. The Morgan fingerprint density at radius 2 is 1.61 bits per heavy atom. The highest BCUT2D eigenvalue weighted by Gasteiger charge is 2.02. The molecule has 0 aromatic heterocycles. The van der Waals surface area contributed by atoms with Crippen molar-refractivity contribution in [2.45, 2.75) is 26.2 Å². The van der Waals surface area contributed by atoms with Crippen molar-refractivity contribution in [2.75, 3.05) is 5.73 Å². The van der Waals surface area contributed by atoms with Crippen LogP contribution >= 0.6 is 11.6 Å². The Hall–Kier alpha value is -1.47. The van der Waals surface area contributed by atoms with Gasteiger partial charge in [-0.15, -0.1) is 0 Å². The molecule has 0 amide bonds. The summed E-state index contributed by atoms with van der Waals surface area (Å²) in [6, 6.07) is 14.6. The number of halogens is 1. The lowest BCUT2D eigenvalue weighted by Crippen LogP contribution is -1.93. The normalized spacial score (nSPS) is 10.9. The van der Waals surface area contributed by atoms with Gasteiger partial charge in [0.15, 0.2) is 0 Å². The molecule has 0 atom stereocenters. The number of anilines is 1. The fourth-order valence-corrected chi connectivity index (χ4v) is 2.08. The van der Waals surface area contributed by atoms with Gasteiger partial charge in [0.2, 0.25) is 0 Å². The van der Waals surface area contributed by atoms with Gasteiger partial charge in [0.05, 0.1) is 10.7 Å². The number of benzene rings is 2. The number of hydrogen-bond acceptors (Lipinski definition) is 1. The van der Waals surface area contributed by atoms with Crippen molar-refractivity contribution in [3.05, 3.63) is 64.2 Å². The highest BCUT2D eigenvalue weighted by molar-refractivity contribution is 6.33. The second kappa shape index (κ2) is 5.45. The second-order valence-corrected chi connectivity index (χ2v) is 5.34. The van der Waals surface area contributed by atoms with Gasteiger partial charge in [-0.1, -0.05) is 55.8 Å². The monoisotopic (exact) mass is 259 g/mol. The molecule has 0 radical (unpaired) electrons. The number of rotatable bonds is 3. The van der Waals surface area contributed by atoms with E-state index in [9.17, 15) is 0 Å². The van der Waals surface area contributed by atoms with Crippen molar-refractivity contribution in [2.24, 2.45) is 0 Å². The van der Waals surface area contributed by atoms with Gasteiger partial charge in [0, 0.05) is 0 Å². The molecule has 2 aromatic carbocycles. The molecule has 2 heteroatoms. The molecule has 0 heterocycles. The van der Waals surface area contributed by atoms with Crippen molar-refractivity contribution in [3.63, 3.8) is 0 Å². The summed E-state index contributed by atoms with van der Waals surface area (Å²) in [6.07, 6.45) is 0.889. The van der Waals surface area contributed by atoms with Gasteiger partial charge < -0.3 is 5.73 Å². The maximum absolute atomic E-state index is 5.91. The van der Waals surface area contributed by atoms with Crippen molar-refractivity contribution in [3.8, 4) is 0 Å². The van der Waals surface area contributed by atoms with Gasteiger partial charge in [-0.3, -0.25) is 0 Å². The van der Waals surface area contributed by atoms with E-state index in [-0.39, 0.29) is 0 Å². The van der Waals surface area contributed by atoms with E-state index in [1.54, 1.807) is 0 Å². The average Bonchev–Trinajstić information content (AvgIpc) is 2.34. The average molecular weight is 260 g/mol. The van der Waals surface area contributed by atoms with Crippen LogP contribution in [0.3, 0.4) is 0 Å². The molecule has 0 aliphatic heterocycles. The lowest BCUT2D eigenvalue weighted by atomic mass is 9.99. The van der Waals surface area contributed by atoms with Crippen LogP contribution in [0.1, 0.15) is 36.5 Å². The molecule has 0 aliphatic rings. The first-order valence-electron chi connectivity index (χ1n) is 6.19. The minimum Gasteiger partial charge on any atom is -0.398 e. The van der Waals surface area contributed by atoms with Crippen LogP contribution in [-0.4, -0.2) is 0 Å². The Kier molecular flexibility index (Phi) is 3.93. The molecule has 18 heavy (non-hydrogen) atoms. The third kappa shape index (κ3) is 3.05. The maximum atomic E-state index is 5.91. The van der Waals surface area contributed by atoms with Crippen LogP contribution in [0.15, 0.2) is 42.5 Å². The van der Waals surface area contributed by atoms with Crippen molar-refractivity contribution in [1.29, 1.82) is 0 Å². The minimum absolute atomic E-state index is 0.574. The van der Waals surface area contributed by atoms with Gasteiger partial charge in [0.25, 0.3) is 0 Å². The van der Waals surface area contributed by atoms with Gasteiger partial charge in [0.1, 0.15) is 0 Å². The highest BCUT2D eigenvalue weighted by Crippen LogP contribution is 2.22. The predicted octanol–water partition coefficient (Wildman–Crippen LogP) is 4.64. The zero-order valence-corrected chi connectivity index (χ0v) is 11.5. The van der Waals surface area contributed by atoms with Crippen LogP contribution in [0, 0.1) is 0 Å². The Balaban J connectivity index is 2.15. The first kappa shape index (κ1) is 13.0. The Morgan fingerprint density at radius 1 is 1.00 bits per heavy atom. The van der Waals surface area contributed by atoms with Crippen LogP contribution in [0.25, 0.3) is 0 Å². The molecule has 94 valence electrons. The van der Waals surface area contributed by atoms with E-state index in [0.717, 1.165) is 6.42 Å². The topological polar surface area (TPSA) is 26.0 Å². The number of nitrogens with two attached hydrogens (primary N) is 1. The van der Waals surface area contributed by atoms with Gasteiger partial charge in [-0.05, 0) is 41.2 Å². The van der Waals surface area contributed by atoms with Crippen molar-refractivity contribution < 1.29 is 0 Å². The van der Waals surface area contributed by atoms with Crippen LogP contribution in [0.5, 0.6) is 0 Å². The summed E-state index contributed by atoms with van der Waals surface area (Å²) in [4.78, 5) is 0. The van der Waals surface area contributed by atoms with Crippen molar-refractivity contribution in [1.82, 2.24) is 0 Å². The van der Waals surface area contributed by atoms with E-state index in [4.69, 9.17) is 17.3 Å². The Labute approximate surface area is 114 Å². The van der Waals surface area contributed by atoms with E-state index in [0.29, 0.717) is 16.6 Å². The molecule has 0 unspecified atom stereocenters. The smallest absolute Gasteiger partial charge is 0.0635 e. The fraction of sp³-hybridized carbons (Fsp3) is 0.250. The summed E-state index contributed by atoms with van der Waals surface area (Å²) in [5.74, 6) is 0.574. The molecule has 2 rings (SSSR count). The van der Waals surface area contributed by atoms with Crippen LogP contribution < -0.4 is 5.73 Å². The summed E-state index contributed by atoms with van der Waals surface area (Å²) < 4.78 is 0. The zero-order valence-electron chi connectivity index (χ0n) is 10.8. The largest absolute Gasteiger partial charge is 0.398 e.